The first-order valence-electron chi connectivity index (χ1n) is 8.31. The van der Waals surface area contributed by atoms with Gasteiger partial charge < -0.3 is 15.7 Å². The predicted octanol–water partition coefficient (Wildman–Crippen LogP) is 2.54. The number of unbranched alkanes of at least 4 members (excludes halogenated alkanes) is 1. The van der Waals surface area contributed by atoms with E-state index in [-0.39, 0.29) is 22.8 Å². The Kier molecular flexibility index (Phi) is 6.67. The molecule has 21 heavy (non-hydrogen) atoms. The highest BCUT2D eigenvalue weighted by Crippen LogP contribution is 2.39. The summed E-state index contributed by atoms with van der Waals surface area (Å²) >= 11 is 0. The van der Waals surface area contributed by atoms with Crippen molar-refractivity contribution in [2.45, 2.75) is 72.3 Å². The van der Waals surface area contributed by atoms with Gasteiger partial charge in [-0.2, -0.15) is 0 Å². The van der Waals surface area contributed by atoms with Gasteiger partial charge in [0, 0.05) is 19.5 Å². The monoisotopic (exact) mass is 298 g/mol. The lowest BCUT2D eigenvalue weighted by Crippen LogP contribution is -2.34. The number of carbonyl (C=O) groups is 1. The number of hydrogen-bond acceptors (Lipinski definition) is 3. The Hall–Kier alpha value is -0.610. The lowest BCUT2D eigenvalue weighted by molar-refractivity contribution is -0.133. The number of hydrogen-bond donors (Lipinski definition) is 2. The van der Waals surface area contributed by atoms with Crippen LogP contribution < -0.4 is 5.73 Å². The van der Waals surface area contributed by atoms with Crippen LogP contribution in [0, 0.1) is 10.8 Å². The first kappa shape index (κ1) is 18.4. The molecular formula is C17H34N2O2. The van der Waals surface area contributed by atoms with E-state index in [1.807, 2.05) is 4.90 Å². The second kappa shape index (κ2) is 7.59. The van der Waals surface area contributed by atoms with Crippen LogP contribution in [0.2, 0.25) is 0 Å². The molecule has 1 amide bonds. The average molecular weight is 298 g/mol. The molecule has 0 radical (unpaired) electrons. The van der Waals surface area contributed by atoms with Crippen LogP contribution in [0.5, 0.6) is 0 Å². The highest BCUT2D eigenvalue weighted by molar-refractivity contribution is 5.77. The number of amides is 1. The lowest BCUT2D eigenvalue weighted by atomic mass is 9.71. The molecule has 3 N–H and O–H groups in total. The van der Waals surface area contributed by atoms with Crippen molar-refractivity contribution < 1.29 is 9.90 Å². The summed E-state index contributed by atoms with van der Waals surface area (Å²) < 4.78 is 0. The van der Waals surface area contributed by atoms with Crippen molar-refractivity contribution >= 4 is 5.91 Å². The second-order valence-electron chi connectivity index (χ2n) is 8.21. The molecule has 4 heteroatoms. The third-order valence-corrected chi connectivity index (χ3v) is 4.41. The number of β-amino-alcohol motifs (C(OH)–C–C–N with tert-alkyl or cyclic N) is 1. The number of rotatable bonds is 8. The normalized spacial score (nSPS) is 20.1. The molecule has 124 valence electrons. The van der Waals surface area contributed by atoms with Crippen LogP contribution in [0.3, 0.4) is 0 Å². The first-order valence-corrected chi connectivity index (χ1v) is 8.31. The molecule has 4 nitrogen and oxygen atoms in total. The van der Waals surface area contributed by atoms with Crippen molar-refractivity contribution in [1.29, 1.82) is 0 Å². The molecule has 1 rings (SSSR count). The molecule has 0 bridgehead atoms. The number of aliphatic hydroxyl groups excluding tert-OH is 1. The molecule has 1 aliphatic rings. The summed E-state index contributed by atoms with van der Waals surface area (Å²) in [5, 5.41) is 9.55. The Morgan fingerprint density at radius 3 is 2.43 bits per heavy atom. The highest BCUT2D eigenvalue weighted by Gasteiger charge is 2.33. The Balaban J connectivity index is 2.46. The molecule has 0 saturated carbocycles. The van der Waals surface area contributed by atoms with Crippen molar-refractivity contribution in [3.8, 4) is 0 Å². The maximum Gasteiger partial charge on any atom is 0.223 e. The average Bonchev–Trinajstić information content (AvgIpc) is 2.74. The highest BCUT2D eigenvalue weighted by atomic mass is 16.3. The zero-order chi connectivity index (χ0) is 16.1. The molecule has 0 aromatic heterocycles. The Morgan fingerprint density at radius 2 is 1.90 bits per heavy atom. The molecule has 1 atom stereocenters. The van der Waals surface area contributed by atoms with Gasteiger partial charge in [0.05, 0.1) is 6.10 Å². The molecule has 1 heterocycles. The van der Waals surface area contributed by atoms with E-state index < -0.39 is 0 Å². The van der Waals surface area contributed by atoms with Gasteiger partial charge >= 0.3 is 0 Å². The molecule has 0 aromatic rings. The van der Waals surface area contributed by atoms with Crippen LogP contribution in [-0.2, 0) is 4.79 Å². The smallest absolute Gasteiger partial charge is 0.223 e. The van der Waals surface area contributed by atoms with Crippen LogP contribution in [-0.4, -0.2) is 41.7 Å². The summed E-state index contributed by atoms with van der Waals surface area (Å²) in [5.74, 6) is 0.189. The minimum atomic E-state index is -0.329. The molecule has 0 unspecified atom stereocenters. The van der Waals surface area contributed by atoms with Crippen LogP contribution >= 0.6 is 0 Å². The van der Waals surface area contributed by atoms with Gasteiger partial charge in [0.15, 0.2) is 0 Å². The van der Waals surface area contributed by atoms with Crippen LogP contribution in [0.1, 0.15) is 66.2 Å². The van der Waals surface area contributed by atoms with E-state index in [1.54, 1.807) is 0 Å². The fourth-order valence-electron chi connectivity index (χ4n) is 3.68. The molecule has 0 aliphatic carbocycles. The van der Waals surface area contributed by atoms with Crippen LogP contribution in [0.4, 0.5) is 0 Å². The zero-order valence-corrected chi connectivity index (χ0v) is 14.3. The third kappa shape index (κ3) is 6.79. The number of likely N-dealkylation sites (tertiary alicyclic amines) is 1. The molecule has 1 aliphatic heterocycles. The number of nitrogens with two attached hydrogens (primary N) is 1. The first-order chi connectivity index (χ1) is 9.65. The van der Waals surface area contributed by atoms with Gasteiger partial charge in [-0.3, -0.25) is 4.79 Å². The summed E-state index contributed by atoms with van der Waals surface area (Å²) in [5.41, 5.74) is 5.80. The second-order valence-corrected chi connectivity index (χ2v) is 8.21. The fraction of sp³-hybridized carbons (Fsp3) is 0.941. The number of nitrogens with zero attached hydrogens (tertiary/aromatic N) is 1. The van der Waals surface area contributed by atoms with Crippen molar-refractivity contribution in [3.63, 3.8) is 0 Å². The maximum atomic E-state index is 12.4. The SMILES string of the molecule is CC(C)(CCCCN)CC(C)(C)CC(=O)N1CC[C@@H](O)C1. The third-order valence-electron chi connectivity index (χ3n) is 4.41. The summed E-state index contributed by atoms with van der Waals surface area (Å²) in [6.07, 6.45) is 5.39. The number of carbonyl (C=O) groups excluding carboxylic acids is 1. The molecule has 0 spiro atoms. The Morgan fingerprint density at radius 1 is 1.24 bits per heavy atom. The minimum Gasteiger partial charge on any atom is -0.391 e. The van der Waals surface area contributed by atoms with Crippen molar-refractivity contribution in [1.82, 2.24) is 4.90 Å². The molecule has 1 saturated heterocycles. The van der Waals surface area contributed by atoms with Gasteiger partial charge in [0.2, 0.25) is 5.91 Å². The molecule has 1 fully saturated rings. The Bertz CT molecular complexity index is 340. The van der Waals surface area contributed by atoms with E-state index >= 15 is 0 Å². The minimum absolute atomic E-state index is 0.00313. The van der Waals surface area contributed by atoms with Crippen molar-refractivity contribution in [2.75, 3.05) is 19.6 Å². The van der Waals surface area contributed by atoms with Gasteiger partial charge in [0.25, 0.3) is 0 Å². The van der Waals surface area contributed by atoms with Crippen molar-refractivity contribution in [2.24, 2.45) is 16.6 Å². The Labute approximate surface area is 130 Å². The lowest BCUT2D eigenvalue weighted by Gasteiger charge is -2.35. The summed E-state index contributed by atoms with van der Waals surface area (Å²) in [6.45, 7) is 10.9. The molecular weight excluding hydrogens is 264 g/mol. The maximum absolute atomic E-state index is 12.4. The van der Waals surface area contributed by atoms with E-state index in [2.05, 4.69) is 27.7 Å². The van der Waals surface area contributed by atoms with E-state index in [4.69, 9.17) is 5.73 Å². The summed E-state index contributed by atoms with van der Waals surface area (Å²) in [7, 11) is 0. The standard InChI is InChI=1S/C17H34N2O2/c1-16(2,8-5-6-9-18)13-17(3,4)11-15(21)19-10-7-14(20)12-19/h14,20H,5-13,18H2,1-4H3/t14-/m1/s1. The van der Waals surface area contributed by atoms with Gasteiger partial charge in [-0.05, 0) is 43.1 Å². The van der Waals surface area contributed by atoms with Crippen LogP contribution in [0.15, 0.2) is 0 Å². The summed E-state index contributed by atoms with van der Waals surface area (Å²) in [6, 6.07) is 0. The zero-order valence-electron chi connectivity index (χ0n) is 14.3. The van der Waals surface area contributed by atoms with Crippen molar-refractivity contribution in [3.05, 3.63) is 0 Å². The predicted molar refractivity (Wildman–Crippen MR) is 86.9 cm³/mol. The van der Waals surface area contributed by atoms with Gasteiger partial charge in [-0.25, -0.2) is 0 Å². The van der Waals surface area contributed by atoms with E-state index in [0.29, 0.717) is 19.5 Å². The van der Waals surface area contributed by atoms with E-state index in [9.17, 15) is 9.90 Å². The fourth-order valence-corrected chi connectivity index (χ4v) is 3.68. The van der Waals surface area contributed by atoms with Gasteiger partial charge in [0.1, 0.15) is 0 Å². The van der Waals surface area contributed by atoms with E-state index in [0.717, 1.165) is 38.6 Å². The van der Waals surface area contributed by atoms with Gasteiger partial charge in [-0.15, -0.1) is 0 Å². The quantitative estimate of drug-likeness (QED) is 0.677. The van der Waals surface area contributed by atoms with Gasteiger partial charge in [-0.1, -0.05) is 34.1 Å². The number of aliphatic hydroxyl groups is 1. The molecule has 0 aromatic carbocycles. The van der Waals surface area contributed by atoms with Crippen LogP contribution in [0.25, 0.3) is 0 Å². The topological polar surface area (TPSA) is 66.6 Å². The largest absolute Gasteiger partial charge is 0.391 e. The van der Waals surface area contributed by atoms with E-state index in [1.165, 1.54) is 0 Å². The summed E-state index contributed by atoms with van der Waals surface area (Å²) in [4.78, 5) is 14.2.